The highest BCUT2D eigenvalue weighted by molar-refractivity contribution is 7.48. The summed E-state index contributed by atoms with van der Waals surface area (Å²) in [6.07, 6.45) is 1.16. The molecule has 0 unspecified atom stereocenters. The van der Waals surface area contributed by atoms with Gasteiger partial charge in [-0.05, 0) is 38.3 Å². The summed E-state index contributed by atoms with van der Waals surface area (Å²) in [4.78, 5) is 12.9. The Balaban J connectivity index is 1.53. The van der Waals surface area contributed by atoms with Gasteiger partial charge in [0.2, 0.25) is 5.28 Å². The van der Waals surface area contributed by atoms with Crippen molar-refractivity contribution < 1.29 is 33.1 Å². The predicted molar refractivity (Wildman–Crippen MR) is 119 cm³/mol. The molecule has 2 aromatic rings. The molecule has 14 heteroatoms. The Kier molecular flexibility index (Phi) is 7.87. The molecule has 33 heavy (non-hydrogen) atoms. The number of ether oxygens (including phenoxy) is 1. The number of phosphoric acid groups is 1. The SMILES string of the molecule is CCOP(=O)(OCC)OC[C@H]1O[C@@H](n2cnc3c(NC4CCCC4)nc(Cl)nc32)[C@H](O)[C@@H]1O. The zero-order valence-electron chi connectivity index (χ0n) is 18.5. The van der Waals surface area contributed by atoms with Gasteiger partial charge in [0, 0.05) is 6.04 Å². The summed E-state index contributed by atoms with van der Waals surface area (Å²) < 4.78 is 35.4. The number of nitrogens with one attached hydrogen (secondary N) is 1. The first-order valence-electron chi connectivity index (χ1n) is 11.1. The molecule has 1 saturated carbocycles. The molecule has 0 aromatic carbocycles. The summed E-state index contributed by atoms with van der Waals surface area (Å²) in [6.45, 7) is 3.24. The molecule has 0 spiro atoms. The monoisotopic (exact) mass is 505 g/mol. The smallest absolute Gasteiger partial charge is 0.387 e. The van der Waals surface area contributed by atoms with Crippen LogP contribution >= 0.6 is 19.4 Å². The van der Waals surface area contributed by atoms with Gasteiger partial charge in [-0.25, -0.2) is 9.55 Å². The fraction of sp³-hybridized carbons (Fsp3) is 0.737. The van der Waals surface area contributed by atoms with E-state index >= 15 is 0 Å². The maximum Gasteiger partial charge on any atom is 0.474 e. The van der Waals surface area contributed by atoms with Gasteiger partial charge in [0.25, 0.3) is 0 Å². The van der Waals surface area contributed by atoms with Crippen LogP contribution < -0.4 is 5.32 Å². The van der Waals surface area contributed by atoms with Crippen molar-refractivity contribution in [1.29, 1.82) is 0 Å². The summed E-state index contributed by atoms with van der Waals surface area (Å²) in [5.74, 6) is 0.512. The first-order valence-corrected chi connectivity index (χ1v) is 12.9. The molecule has 2 aromatic heterocycles. The first kappa shape index (κ1) is 24.7. The topological polar surface area (TPSA) is 150 Å². The predicted octanol–water partition coefficient (Wildman–Crippen LogP) is 2.65. The van der Waals surface area contributed by atoms with Crippen LogP contribution in [0.4, 0.5) is 5.82 Å². The number of imidazole rings is 1. The lowest BCUT2D eigenvalue weighted by Crippen LogP contribution is -2.33. The Morgan fingerprint density at radius 2 is 1.88 bits per heavy atom. The van der Waals surface area contributed by atoms with E-state index < -0.39 is 32.4 Å². The summed E-state index contributed by atoms with van der Waals surface area (Å²) in [7, 11) is -3.80. The molecular weight excluding hydrogens is 477 g/mol. The average Bonchev–Trinajstić information content (AvgIpc) is 3.49. The lowest BCUT2D eigenvalue weighted by Gasteiger charge is -2.20. The fourth-order valence-corrected chi connectivity index (χ4v) is 5.48. The minimum Gasteiger partial charge on any atom is -0.387 e. The second-order valence-corrected chi connectivity index (χ2v) is 9.92. The zero-order valence-corrected chi connectivity index (χ0v) is 20.1. The maximum atomic E-state index is 12.5. The summed E-state index contributed by atoms with van der Waals surface area (Å²) in [6, 6.07) is 0.285. The summed E-state index contributed by atoms with van der Waals surface area (Å²) in [5.41, 5.74) is 0.830. The number of hydrogen-bond acceptors (Lipinski definition) is 11. The number of phosphoric ester groups is 1. The van der Waals surface area contributed by atoms with E-state index in [1.165, 1.54) is 10.9 Å². The van der Waals surface area contributed by atoms with Gasteiger partial charge in [-0.1, -0.05) is 12.8 Å². The Labute approximate surface area is 196 Å². The van der Waals surface area contributed by atoms with Gasteiger partial charge < -0.3 is 20.3 Å². The van der Waals surface area contributed by atoms with Crippen LogP contribution in [0.1, 0.15) is 45.8 Å². The standard InChI is InChI=1S/C19H29ClN5O7P/c1-3-29-33(28,30-4-2)31-9-12-14(26)15(27)18(32-12)25-10-21-13-16(22-11-7-5-6-8-11)23-19(20)24-17(13)25/h10-12,14-15,18,26-27H,3-9H2,1-2H3,(H,22,23,24)/t12-,14-,15-,18-/m1/s1. The first-order chi connectivity index (χ1) is 15.8. The summed E-state index contributed by atoms with van der Waals surface area (Å²) >= 11 is 6.16. The minimum absolute atomic E-state index is 0.0204. The van der Waals surface area contributed by atoms with Crippen molar-refractivity contribution in [2.75, 3.05) is 25.1 Å². The van der Waals surface area contributed by atoms with E-state index in [2.05, 4.69) is 20.3 Å². The lowest BCUT2D eigenvalue weighted by molar-refractivity contribution is -0.0524. The fourth-order valence-electron chi connectivity index (χ4n) is 4.13. The lowest BCUT2D eigenvalue weighted by atomic mass is 10.1. The van der Waals surface area contributed by atoms with Gasteiger partial charge in [0.15, 0.2) is 23.2 Å². The molecule has 4 atom stereocenters. The van der Waals surface area contributed by atoms with Gasteiger partial charge in [-0.3, -0.25) is 18.1 Å². The number of hydrogen-bond donors (Lipinski definition) is 3. The molecule has 0 bridgehead atoms. The minimum atomic E-state index is -3.80. The van der Waals surface area contributed by atoms with Crippen molar-refractivity contribution >= 4 is 36.4 Å². The molecule has 184 valence electrons. The Morgan fingerprint density at radius 1 is 1.18 bits per heavy atom. The molecule has 3 heterocycles. The number of rotatable bonds is 10. The van der Waals surface area contributed by atoms with Crippen LogP contribution in [0, 0.1) is 0 Å². The molecule has 0 radical (unpaired) electrons. The highest BCUT2D eigenvalue weighted by Crippen LogP contribution is 2.50. The van der Waals surface area contributed by atoms with Crippen LogP contribution in [-0.4, -0.2) is 73.9 Å². The van der Waals surface area contributed by atoms with Crippen molar-refractivity contribution in [3.63, 3.8) is 0 Å². The normalized spacial score (nSPS) is 26.5. The molecule has 12 nitrogen and oxygen atoms in total. The van der Waals surface area contributed by atoms with Gasteiger partial charge in [0.05, 0.1) is 26.1 Å². The van der Waals surface area contributed by atoms with Crippen LogP contribution in [0.15, 0.2) is 6.33 Å². The molecule has 4 rings (SSSR count). The van der Waals surface area contributed by atoms with Crippen molar-refractivity contribution in [2.24, 2.45) is 0 Å². The number of fused-ring (bicyclic) bond motifs is 1. The quantitative estimate of drug-likeness (QED) is 0.323. The van der Waals surface area contributed by atoms with Crippen molar-refractivity contribution in [3.05, 3.63) is 11.6 Å². The maximum absolute atomic E-state index is 12.5. The van der Waals surface area contributed by atoms with Crippen LogP contribution in [0.25, 0.3) is 11.2 Å². The largest absolute Gasteiger partial charge is 0.474 e. The molecule has 1 aliphatic carbocycles. The number of nitrogens with zero attached hydrogens (tertiary/aromatic N) is 4. The molecule has 1 aliphatic heterocycles. The molecule has 2 fully saturated rings. The Hall–Kier alpha value is -1.37. The zero-order chi connectivity index (χ0) is 23.6. The van der Waals surface area contributed by atoms with E-state index in [4.69, 9.17) is 29.9 Å². The van der Waals surface area contributed by atoms with Crippen molar-refractivity contribution in [2.45, 2.75) is 70.1 Å². The number of aliphatic hydroxyl groups is 2. The van der Waals surface area contributed by atoms with E-state index in [0.717, 1.165) is 25.7 Å². The van der Waals surface area contributed by atoms with Crippen molar-refractivity contribution in [3.8, 4) is 0 Å². The molecule has 1 saturated heterocycles. The highest BCUT2D eigenvalue weighted by Gasteiger charge is 2.45. The van der Waals surface area contributed by atoms with Crippen LogP contribution in [0.2, 0.25) is 5.28 Å². The van der Waals surface area contributed by atoms with Gasteiger partial charge >= 0.3 is 7.82 Å². The van der Waals surface area contributed by atoms with Gasteiger partial charge in [0.1, 0.15) is 18.3 Å². The third-order valence-corrected chi connectivity index (χ3v) is 7.46. The number of halogens is 1. The number of aliphatic hydroxyl groups excluding tert-OH is 2. The van der Waals surface area contributed by atoms with E-state index in [1.54, 1.807) is 13.8 Å². The third-order valence-electron chi connectivity index (χ3n) is 5.67. The Bertz CT molecular complexity index is 994. The second kappa shape index (κ2) is 10.5. The van der Waals surface area contributed by atoms with Crippen LogP contribution in [-0.2, 0) is 22.9 Å². The molecule has 2 aliphatic rings. The van der Waals surface area contributed by atoms with Crippen LogP contribution in [0.3, 0.4) is 0 Å². The van der Waals surface area contributed by atoms with Crippen molar-refractivity contribution in [1.82, 2.24) is 19.5 Å². The molecular formula is C19H29ClN5O7P. The second-order valence-electron chi connectivity index (χ2n) is 7.92. The third kappa shape index (κ3) is 5.33. The summed E-state index contributed by atoms with van der Waals surface area (Å²) in [5, 5.41) is 24.6. The number of aromatic nitrogens is 4. The molecule has 3 N–H and O–H groups in total. The number of anilines is 1. The van der Waals surface area contributed by atoms with Gasteiger partial charge in [-0.15, -0.1) is 0 Å². The van der Waals surface area contributed by atoms with Gasteiger partial charge in [-0.2, -0.15) is 9.97 Å². The highest BCUT2D eigenvalue weighted by atomic mass is 35.5. The van der Waals surface area contributed by atoms with E-state index in [1.807, 2.05) is 0 Å². The van der Waals surface area contributed by atoms with Crippen LogP contribution in [0.5, 0.6) is 0 Å². The van der Waals surface area contributed by atoms with E-state index in [0.29, 0.717) is 17.0 Å². The Morgan fingerprint density at radius 3 is 2.55 bits per heavy atom. The van der Waals surface area contributed by atoms with E-state index in [-0.39, 0.29) is 31.1 Å². The van der Waals surface area contributed by atoms with E-state index in [9.17, 15) is 14.8 Å². The average molecular weight is 506 g/mol. The molecule has 0 amide bonds.